The zero-order valence-corrected chi connectivity index (χ0v) is 14.5. The number of anilines is 1. The Kier molecular flexibility index (Phi) is 4.77. The quantitative estimate of drug-likeness (QED) is 0.799. The zero-order valence-electron chi connectivity index (χ0n) is 14.5. The molecule has 1 fully saturated rings. The molecule has 11 heteroatoms. The highest BCUT2D eigenvalue weighted by molar-refractivity contribution is 6.02. The fourth-order valence-electron chi connectivity index (χ4n) is 2.80. The van der Waals surface area contributed by atoms with E-state index < -0.39 is 23.7 Å². The molecule has 0 spiro atoms. The van der Waals surface area contributed by atoms with E-state index in [2.05, 4.69) is 10.1 Å². The maximum absolute atomic E-state index is 12.8. The Morgan fingerprint density at radius 1 is 1.30 bits per heavy atom. The molecule has 2 aromatic heterocycles. The maximum Gasteiger partial charge on any atom is 0.433 e. The third-order valence-corrected chi connectivity index (χ3v) is 4.07. The first-order valence-corrected chi connectivity index (χ1v) is 7.91. The van der Waals surface area contributed by atoms with Crippen LogP contribution in [0.2, 0.25) is 0 Å². The molecule has 0 aromatic carbocycles. The Balaban J connectivity index is 1.76. The lowest BCUT2D eigenvalue weighted by atomic mass is 10.2. The van der Waals surface area contributed by atoms with Crippen molar-refractivity contribution >= 4 is 17.5 Å². The molecule has 0 atom stereocenters. The Morgan fingerprint density at radius 2 is 2.04 bits per heavy atom. The van der Waals surface area contributed by atoms with E-state index in [0.717, 1.165) is 12.3 Å². The molecule has 0 bridgehead atoms. The zero-order chi connectivity index (χ0) is 19.8. The number of rotatable bonds is 3. The second-order valence-corrected chi connectivity index (χ2v) is 5.89. The number of hydrogen-bond donors (Lipinski definition) is 0. The maximum atomic E-state index is 12.8. The number of aryl methyl sites for hydroxylation is 1. The third-order valence-electron chi connectivity index (χ3n) is 4.07. The van der Waals surface area contributed by atoms with Crippen molar-refractivity contribution in [2.75, 3.05) is 31.6 Å². The largest absolute Gasteiger partial charge is 0.479 e. The predicted molar refractivity (Wildman–Crippen MR) is 87.3 cm³/mol. The minimum absolute atomic E-state index is 0.0639. The highest BCUT2D eigenvalue weighted by Crippen LogP contribution is 2.30. The second-order valence-electron chi connectivity index (χ2n) is 5.89. The van der Waals surface area contributed by atoms with Gasteiger partial charge in [0.15, 0.2) is 0 Å². The van der Waals surface area contributed by atoms with Crippen molar-refractivity contribution in [1.29, 1.82) is 0 Å². The van der Waals surface area contributed by atoms with E-state index in [1.165, 1.54) is 33.9 Å². The van der Waals surface area contributed by atoms with Crippen molar-refractivity contribution in [3.63, 3.8) is 0 Å². The summed E-state index contributed by atoms with van der Waals surface area (Å²) in [7, 11) is 3.01. The number of pyridine rings is 1. The van der Waals surface area contributed by atoms with E-state index in [4.69, 9.17) is 4.74 Å². The van der Waals surface area contributed by atoms with Gasteiger partial charge >= 0.3 is 6.18 Å². The monoisotopic (exact) mass is 383 g/mol. The molecule has 3 rings (SSSR count). The van der Waals surface area contributed by atoms with Crippen LogP contribution >= 0.6 is 0 Å². The van der Waals surface area contributed by atoms with Crippen LogP contribution in [0.15, 0.2) is 24.5 Å². The number of amides is 2. The smallest absolute Gasteiger partial charge is 0.433 e. The molecule has 3 heterocycles. The van der Waals surface area contributed by atoms with E-state index in [0.29, 0.717) is 0 Å². The second kappa shape index (κ2) is 6.89. The highest BCUT2D eigenvalue weighted by Gasteiger charge is 2.35. The fourth-order valence-corrected chi connectivity index (χ4v) is 2.80. The molecule has 2 amide bonds. The molecule has 0 saturated carbocycles. The van der Waals surface area contributed by atoms with Gasteiger partial charge in [0.1, 0.15) is 17.8 Å². The normalized spacial score (nSPS) is 15.2. The van der Waals surface area contributed by atoms with Gasteiger partial charge in [0.2, 0.25) is 11.8 Å². The number of ether oxygens (including phenoxy) is 1. The lowest BCUT2D eigenvalue weighted by Gasteiger charge is -2.34. The lowest BCUT2D eigenvalue weighted by molar-refractivity contribution is -0.141. The molecule has 0 N–H and O–H groups in total. The molecule has 2 aromatic rings. The molecule has 1 saturated heterocycles. The summed E-state index contributed by atoms with van der Waals surface area (Å²) >= 11 is 0. The first-order valence-electron chi connectivity index (χ1n) is 7.91. The van der Waals surface area contributed by atoms with Crippen molar-refractivity contribution in [3.05, 3.63) is 35.8 Å². The minimum Gasteiger partial charge on any atom is -0.479 e. The van der Waals surface area contributed by atoms with Crippen molar-refractivity contribution < 1.29 is 27.5 Å². The van der Waals surface area contributed by atoms with Gasteiger partial charge in [-0.05, 0) is 12.1 Å². The standard InChI is InChI=1S/C16H16F3N5O3/c1-22-8-11(14(21-22)27-2)15(26)23-5-6-24(13(25)9-23)10-3-4-20-12(7-10)16(17,18)19/h3-4,7-8H,5-6,9H2,1-2H3. The summed E-state index contributed by atoms with van der Waals surface area (Å²) in [6.07, 6.45) is -2.12. The first-order chi connectivity index (χ1) is 12.7. The van der Waals surface area contributed by atoms with E-state index in [1.807, 2.05) is 0 Å². The van der Waals surface area contributed by atoms with Crippen molar-refractivity contribution in [2.24, 2.45) is 7.05 Å². The van der Waals surface area contributed by atoms with E-state index >= 15 is 0 Å². The van der Waals surface area contributed by atoms with Crippen LogP contribution in [-0.4, -0.2) is 58.2 Å². The van der Waals surface area contributed by atoms with Gasteiger partial charge in [0.25, 0.3) is 5.91 Å². The van der Waals surface area contributed by atoms with Gasteiger partial charge in [0.05, 0.1) is 7.11 Å². The molecule has 8 nitrogen and oxygen atoms in total. The predicted octanol–water partition coefficient (Wildman–Crippen LogP) is 1.33. The number of carbonyl (C=O) groups is 2. The van der Waals surface area contributed by atoms with Crippen molar-refractivity contribution in [1.82, 2.24) is 19.7 Å². The van der Waals surface area contributed by atoms with E-state index in [-0.39, 0.29) is 36.8 Å². The molecule has 0 radical (unpaired) electrons. The summed E-state index contributed by atoms with van der Waals surface area (Å²) in [5.74, 6) is -0.781. The van der Waals surface area contributed by atoms with E-state index in [1.54, 1.807) is 7.05 Å². The van der Waals surface area contributed by atoms with Crippen LogP contribution in [0.4, 0.5) is 18.9 Å². The number of piperazine rings is 1. The number of alkyl halides is 3. The van der Waals surface area contributed by atoms with Crippen LogP contribution in [0, 0.1) is 0 Å². The lowest BCUT2D eigenvalue weighted by Crippen LogP contribution is -2.52. The Morgan fingerprint density at radius 3 is 2.67 bits per heavy atom. The topological polar surface area (TPSA) is 80.6 Å². The van der Waals surface area contributed by atoms with Gasteiger partial charge in [-0.15, -0.1) is 5.10 Å². The summed E-state index contributed by atoms with van der Waals surface area (Å²) in [6.45, 7) is -0.0404. The molecule has 0 aliphatic carbocycles. The molecule has 1 aliphatic heterocycles. The summed E-state index contributed by atoms with van der Waals surface area (Å²) < 4.78 is 44.9. The summed E-state index contributed by atoms with van der Waals surface area (Å²) in [6, 6.07) is 2.15. The number of hydrogen-bond acceptors (Lipinski definition) is 5. The molecule has 27 heavy (non-hydrogen) atoms. The van der Waals surface area contributed by atoms with Gasteiger partial charge in [-0.2, -0.15) is 13.2 Å². The van der Waals surface area contributed by atoms with Gasteiger partial charge in [-0.25, -0.2) is 0 Å². The summed E-state index contributed by atoms with van der Waals surface area (Å²) in [4.78, 5) is 30.9. The van der Waals surface area contributed by atoms with Crippen LogP contribution in [0.25, 0.3) is 0 Å². The molecular formula is C16H16F3N5O3. The number of nitrogens with zero attached hydrogens (tertiary/aromatic N) is 5. The summed E-state index contributed by atoms with van der Waals surface area (Å²) in [5.41, 5.74) is -0.774. The van der Waals surface area contributed by atoms with Crippen molar-refractivity contribution in [3.8, 4) is 5.88 Å². The Labute approximate surface area is 152 Å². The fraction of sp³-hybridized carbons (Fsp3) is 0.375. The first kappa shape index (κ1) is 18.7. The van der Waals surface area contributed by atoms with E-state index in [9.17, 15) is 22.8 Å². The molecule has 144 valence electrons. The van der Waals surface area contributed by atoms with Crippen LogP contribution in [0.1, 0.15) is 16.1 Å². The minimum atomic E-state index is -4.60. The summed E-state index contributed by atoms with van der Waals surface area (Å²) in [5, 5.41) is 4.00. The van der Waals surface area contributed by atoms with Crippen molar-refractivity contribution in [2.45, 2.75) is 6.18 Å². The van der Waals surface area contributed by atoms with Gasteiger partial charge in [-0.1, -0.05) is 0 Å². The molecular weight excluding hydrogens is 367 g/mol. The van der Waals surface area contributed by atoms with Crippen LogP contribution in [0.3, 0.4) is 0 Å². The number of methoxy groups -OCH3 is 1. The average molecular weight is 383 g/mol. The number of aromatic nitrogens is 3. The van der Waals surface area contributed by atoms with Crippen LogP contribution in [-0.2, 0) is 18.0 Å². The van der Waals surface area contributed by atoms with Gasteiger partial charge in [0, 0.05) is 38.2 Å². The SMILES string of the molecule is COc1nn(C)cc1C(=O)N1CCN(c2ccnc(C(F)(F)F)c2)C(=O)C1. The molecule has 1 aliphatic rings. The Hall–Kier alpha value is -3.11. The number of carbonyl (C=O) groups excluding carboxylic acids is 2. The van der Waals surface area contributed by atoms with Gasteiger partial charge in [-0.3, -0.25) is 19.3 Å². The van der Waals surface area contributed by atoms with Gasteiger partial charge < -0.3 is 14.5 Å². The average Bonchev–Trinajstić information content (AvgIpc) is 3.01. The Bertz CT molecular complexity index is 880. The van der Waals surface area contributed by atoms with Crippen LogP contribution < -0.4 is 9.64 Å². The number of halogens is 3. The highest BCUT2D eigenvalue weighted by atomic mass is 19.4. The molecule has 0 unspecified atom stereocenters. The van der Waals surface area contributed by atoms with Crippen LogP contribution in [0.5, 0.6) is 5.88 Å². The third kappa shape index (κ3) is 3.71.